The van der Waals surface area contributed by atoms with Gasteiger partial charge in [-0.15, -0.1) is 0 Å². The van der Waals surface area contributed by atoms with Crippen LogP contribution in [0.2, 0.25) is 0 Å². The van der Waals surface area contributed by atoms with Crippen molar-refractivity contribution in [3.63, 3.8) is 0 Å². The quantitative estimate of drug-likeness (QED) is 0.350. The van der Waals surface area contributed by atoms with Crippen LogP contribution >= 0.6 is 11.8 Å². The third-order valence-corrected chi connectivity index (χ3v) is 5.30. The summed E-state index contributed by atoms with van der Waals surface area (Å²) in [7, 11) is 3.66. The van der Waals surface area contributed by atoms with Gasteiger partial charge in [0.1, 0.15) is 11.6 Å². The highest BCUT2D eigenvalue weighted by Gasteiger charge is 2.41. The fourth-order valence-corrected chi connectivity index (χ4v) is 3.72. The molecule has 0 aliphatic rings. The number of rotatable bonds is 7. The van der Waals surface area contributed by atoms with Crippen LogP contribution < -0.4 is 21.9 Å². The number of hydrogen-bond donors (Lipinski definition) is 3. The summed E-state index contributed by atoms with van der Waals surface area (Å²) in [6.45, 7) is 6.22. The molecule has 0 aliphatic carbocycles. The van der Waals surface area contributed by atoms with Gasteiger partial charge >= 0.3 is 5.97 Å². The second-order valence-electron chi connectivity index (χ2n) is 8.37. The molecular weight excluding hydrogens is 388 g/mol. The zero-order valence-electron chi connectivity index (χ0n) is 18.0. The van der Waals surface area contributed by atoms with E-state index in [1.54, 1.807) is 40.7 Å². The van der Waals surface area contributed by atoms with Crippen LogP contribution in [0.25, 0.3) is 5.69 Å². The van der Waals surface area contributed by atoms with E-state index in [-0.39, 0.29) is 11.5 Å². The van der Waals surface area contributed by atoms with Gasteiger partial charge in [0.15, 0.2) is 5.66 Å². The number of nitrogens with two attached hydrogens (primary N) is 3. The van der Waals surface area contributed by atoms with Crippen molar-refractivity contribution in [2.24, 2.45) is 11.5 Å². The van der Waals surface area contributed by atoms with Gasteiger partial charge < -0.3 is 26.8 Å². The molecule has 1 aromatic carbocycles. The molecule has 0 bridgehead atoms. The molecule has 2 aromatic rings. The molecule has 2 rings (SSSR count). The van der Waals surface area contributed by atoms with Crippen LogP contribution in [0, 0.1) is 0 Å². The number of ether oxygens (including phenoxy) is 1. The lowest BCUT2D eigenvalue weighted by Crippen LogP contribution is -2.70. The number of hydrogen-bond acceptors (Lipinski definition) is 8. The second-order valence-corrected chi connectivity index (χ2v) is 9.28. The average molecular weight is 421 g/mol. The summed E-state index contributed by atoms with van der Waals surface area (Å²) in [6.07, 6.45) is 1.93. The first-order valence-electron chi connectivity index (χ1n) is 9.29. The predicted molar refractivity (Wildman–Crippen MR) is 119 cm³/mol. The highest BCUT2D eigenvalue weighted by atomic mass is 32.2. The highest BCUT2D eigenvalue weighted by molar-refractivity contribution is 7.98. The molecule has 0 saturated carbocycles. The first-order chi connectivity index (χ1) is 13.4. The van der Waals surface area contributed by atoms with Gasteiger partial charge in [0.25, 0.3) is 0 Å². The van der Waals surface area contributed by atoms with Crippen LogP contribution in [0.3, 0.4) is 0 Å². The smallest absolute Gasteiger partial charge is 0.348 e. The van der Waals surface area contributed by atoms with Crippen LogP contribution in [-0.2, 0) is 10.2 Å². The standard InChI is InChI=1S/C20H32N6O2S/c1-19(2,3)15-11-17(21)26(24-15)13-7-9-14(10-8-13)28-18(27)20(22,23)16(12-29-6)25(4)5/h7-11,16H,12,21-23H2,1-6H3. The lowest BCUT2D eigenvalue weighted by atomic mass is 9.92. The molecule has 1 heterocycles. The van der Waals surface area contributed by atoms with E-state index in [0.717, 1.165) is 11.4 Å². The third kappa shape index (κ3) is 5.30. The summed E-state index contributed by atoms with van der Waals surface area (Å²) in [5, 5.41) is 4.58. The van der Waals surface area contributed by atoms with Crippen molar-refractivity contribution in [3.8, 4) is 11.4 Å². The summed E-state index contributed by atoms with van der Waals surface area (Å²) >= 11 is 1.56. The van der Waals surface area contributed by atoms with E-state index in [4.69, 9.17) is 21.9 Å². The Morgan fingerprint density at radius 1 is 1.24 bits per heavy atom. The third-order valence-electron chi connectivity index (χ3n) is 4.65. The topological polar surface area (TPSA) is 125 Å². The number of carbonyl (C=O) groups excluding carboxylic acids is 1. The minimum absolute atomic E-state index is 0.111. The maximum Gasteiger partial charge on any atom is 0.348 e. The fraction of sp³-hybridized carbons (Fsp3) is 0.500. The molecule has 1 aromatic heterocycles. The number of esters is 1. The number of nitrogen functional groups attached to an aromatic ring is 1. The van der Waals surface area contributed by atoms with Crippen molar-refractivity contribution in [1.29, 1.82) is 0 Å². The van der Waals surface area contributed by atoms with E-state index in [1.807, 2.05) is 31.3 Å². The molecule has 1 unspecified atom stereocenters. The van der Waals surface area contributed by atoms with Crippen molar-refractivity contribution in [2.75, 3.05) is 31.8 Å². The molecule has 9 heteroatoms. The van der Waals surface area contributed by atoms with Gasteiger partial charge in [0.2, 0.25) is 0 Å². The summed E-state index contributed by atoms with van der Waals surface area (Å²) in [5.74, 6) is 0.797. The SMILES string of the molecule is CSCC(N(C)C)C(N)(N)C(=O)Oc1ccc(-n2nc(C(C)(C)C)cc2N)cc1. The number of carbonyl (C=O) groups is 1. The summed E-state index contributed by atoms with van der Waals surface area (Å²) < 4.78 is 7.11. The molecule has 160 valence electrons. The Hall–Kier alpha value is -2.07. The van der Waals surface area contributed by atoms with Crippen LogP contribution in [0.4, 0.5) is 5.82 Å². The van der Waals surface area contributed by atoms with Gasteiger partial charge in [0, 0.05) is 17.2 Å². The Bertz CT molecular complexity index is 840. The molecule has 0 fully saturated rings. The zero-order valence-corrected chi connectivity index (χ0v) is 18.8. The monoisotopic (exact) mass is 420 g/mol. The molecule has 6 N–H and O–H groups in total. The van der Waals surface area contributed by atoms with Crippen molar-refractivity contribution in [1.82, 2.24) is 14.7 Å². The number of nitrogens with zero attached hydrogens (tertiary/aromatic N) is 3. The van der Waals surface area contributed by atoms with Crippen molar-refractivity contribution >= 4 is 23.5 Å². The lowest BCUT2D eigenvalue weighted by Gasteiger charge is -2.35. The zero-order chi connectivity index (χ0) is 22.0. The van der Waals surface area contributed by atoms with Crippen molar-refractivity contribution in [3.05, 3.63) is 36.0 Å². The van der Waals surface area contributed by atoms with E-state index in [2.05, 4.69) is 25.9 Å². The largest absolute Gasteiger partial charge is 0.424 e. The van der Waals surface area contributed by atoms with Gasteiger partial charge in [-0.05, 0) is 44.6 Å². The summed E-state index contributed by atoms with van der Waals surface area (Å²) in [4.78, 5) is 14.5. The summed E-state index contributed by atoms with van der Waals surface area (Å²) in [5.41, 5.74) is 18.3. The molecule has 1 atom stereocenters. The van der Waals surface area contributed by atoms with Gasteiger partial charge in [-0.3, -0.25) is 0 Å². The Labute approximate surface area is 176 Å². The predicted octanol–water partition coefficient (Wildman–Crippen LogP) is 1.56. The van der Waals surface area contributed by atoms with E-state index in [1.165, 1.54) is 0 Å². The number of likely N-dealkylation sites (N-methyl/N-ethyl adjacent to an activating group) is 1. The number of benzene rings is 1. The molecule has 0 amide bonds. The molecule has 0 radical (unpaired) electrons. The van der Waals surface area contributed by atoms with Gasteiger partial charge in [-0.1, -0.05) is 20.8 Å². The van der Waals surface area contributed by atoms with E-state index >= 15 is 0 Å². The second kappa shape index (κ2) is 8.74. The number of anilines is 1. The lowest BCUT2D eigenvalue weighted by molar-refractivity contribution is -0.142. The van der Waals surface area contributed by atoms with Crippen molar-refractivity contribution in [2.45, 2.75) is 37.9 Å². The molecule has 0 spiro atoms. The molecule has 8 nitrogen and oxygen atoms in total. The first-order valence-corrected chi connectivity index (χ1v) is 10.7. The molecule has 0 aliphatic heterocycles. The van der Waals surface area contributed by atoms with Crippen molar-refractivity contribution < 1.29 is 9.53 Å². The average Bonchev–Trinajstić information content (AvgIpc) is 3.02. The van der Waals surface area contributed by atoms with Gasteiger partial charge in [-0.25, -0.2) is 9.48 Å². The van der Waals surface area contributed by atoms with Gasteiger partial charge in [-0.2, -0.15) is 16.9 Å². The minimum atomic E-state index is -1.64. The Kier molecular flexibility index (Phi) is 7.00. The van der Waals surface area contributed by atoms with Crippen LogP contribution in [0.15, 0.2) is 30.3 Å². The minimum Gasteiger partial charge on any atom is -0.424 e. The fourth-order valence-electron chi connectivity index (χ4n) is 2.83. The highest BCUT2D eigenvalue weighted by Crippen LogP contribution is 2.25. The summed E-state index contributed by atoms with van der Waals surface area (Å²) in [6, 6.07) is 8.37. The Morgan fingerprint density at radius 2 is 1.83 bits per heavy atom. The number of thioether (sulfide) groups is 1. The Morgan fingerprint density at radius 3 is 2.28 bits per heavy atom. The molecule has 0 saturated heterocycles. The van der Waals surface area contributed by atoms with E-state index in [0.29, 0.717) is 17.3 Å². The van der Waals surface area contributed by atoms with E-state index < -0.39 is 11.6 Å². The van der Waals surface area contributed by atoms with Gasteiger partial charge in [0.05, 0.1) is 17.4 Å². The number of aromatic nitrogens is 2. The normalized spacial score (nSPS) is 13.6. The van der Waals surface area contributed by atoms with Crippen LogP contribution in [0.1, 0.15) is 26.5 Å². The molecule has 29 heavy (non-hydrogen) atoms. The Balaban J connectivity index is 2.19. The first kappa shape index (κ1) is 23.2. The van der Waals surface area contributed by atoms with Crippen LogP contribution in [0.5, 0.6) is 5.75 Å². The van der Waals surface area contributed by atoms with E-state index in [9.17, 15) is 4.79 Å². The maximum atomic E-state index is 12.6. The maximum absolute atomic E-state index is 12.6. The van der Waals surface area contributed by atoms with Crippen LogP contribution in [-0.4, -0.2) is 58.5 Å². The molecular formula is C20H32N6O2S.